The molecule has 0 heterocycles. The molecule has 0 aliphatic carbocycles. The fourth-order valence-electron chi connectivity index (χ4n) is 3.62. The normalized spacial score (nSPS) is 10.9. The minimum atomic E-state index is -1.04. The van der Waals surface area contributed by atoms with E-state index in [-0.39, 0.29) is 26.4 Å². The van der Waals surface area contributed by atoms with Gasteiger partial charge >= 0.3 is 0 Å². The molecule has 6 N–H and O–H groups in total. The van der Waals surface area contributed by atoms with Crippen LogP contribution < -0.4 is 21.8 Å². The minimum Gasteiger partial charge on any atom is -0.339 e. The van der Waals surface area contributed by atoms with Crippen molar-refractivity contribution in [2.75, 3.05) is 25.5 Å². The van der Waals surface area contributed by atoms with Crippen molar-refractivity contribution in [1.29, 1.82) is 0 Å². The highest BCUT2D eigenvalue weighted by molar-refractivity contribution is 5.97. The number of hydroxylamine groups is 1. The van der Waals surface area contributed by atoms with Gasteiger partial charge in [0.2, 0.25) is 5.91 Å². The molecule has 3 aromatic carbocycles. The number of benzene rings is 3. The lowest BCUT2D eigenvalue weighted by Gasteiger charge is -2.17. The van der Waals surface area contributed by atoms with Gasteiger partial charge < -0.3 is 16.4 Å². The molecule has 1 atom stereocenters. The number of hydrogen-bond acceptors (Lipinski definition) is 6. The monoisotopic (exact) mass is 529 g/mol. The van der Waals surface area contributed by atoms with Crippen LogP contribution in [-0.4, -0.2) is 54.0 Å². The summed E-state index contributed by atoms with van der Waals surface area (Å²) in [6.45, 7) is 2.86. The SMILES string of the molecule is C.Cc1ccccc1CN(C)CC(=O)Nc1ccc(C#Cc2ccc(C(=O)N[C@@H](CN)C(=O)NO)cc2)cc1. The van der Waals surface area contributed by atoms with E-state index in [2.05, 4.69) is 41.5 Å². The standard InChI is InChI=1S/C29H31N5O4.CH4/c1-20-5-3-4-6-24(20)18-34(2)19-27(35)31-25-15-11-22(12-16-25)8-7-21-9-13-23(14-10-21)28(36)32-26(17-30)29(37)33-38;/h3-6,9-16,26,38H,17-19,30H2,1-2H3,(H,31,35)(H,32,36)(H,33,37);1H4/t26-;/m0./s1. The average molecular weight is 530 g/mol. The summed E-state index contributed by atoms with van der Waals surface area (Å²) in [7, 11) is 1.91. The fraction of sp³-hybridized carbons (Fsp3) is 0.233. The molecule has 3 aromatic rings. The summed E-state index contributed by atoms with van der Waals surface area (Å²) in [5.41, 5.74) is 11.8. The Morgan fingerprint density at radius 1 is 0.949 bits per heavy atom. The smallest absolute Gasteiger partial charge is 0.267 e. The highest BCUT2D eigenvalue weighted by atomic mass is 16.5. The van der Waals surface area contributed by atoms with E-state index in [0.29, 0.717) is 23.4 Å². The number of hydrogen-bond donors (Lipinski definition) is 5. The molecule has 204 valence electrons. The van der Waals surface area contributed by atoms with Crippen LogP contribution in [0.5, 0.6) is 0 Å². The van der Waals surface area contributed by atoms with Crippen LogP contribution in [0, 0.1) is 18.8 Å². The van der Waals surface area contributed by atoms with Crippen molar-refractivity contribution in [2.45, 2.75) is 26.9 Å². The molecule has 9 nitrogen and oxygen atoms in total. The third kappa shape index (κ3) is 9.39. The van der Waals surface area contributed by atoms with Crippen LogP contribution in [0.4, 0.5) is 5.69 Å². The molecule has 3 amide bonds. The molecule has 0 spiro atoms. The van der Waals surface area contributed by atoms with Gasteiger partial charge in [0.05, 0.1) is 6.54 Å². The molecule has 0 fully saturated rings. The molecular weight excluding hydrogens is 494 g/mol. The summed E-state index contributed by atoms with van der Waals surface area (Å²) in [5, 5.41) is 14.1. The van der Waals surface area contributed by atoms with Crippen molar-refractivity contribution in [3.63, 3.8) is 0 Å². The van der Waals surface area contributed by atoms with E-state index >= 15 is 0 Å². The zero-order valence-corrected chi connectivity index (χ0v) is 21.3. The molecular formula is C30H35N5O4. The number of rotatable bonds is 9. The van der Waals surface area contributed by atoms with Gasteiger partial charge in [0, 0.05) is 35.5 Å². The maximum absolute atomic E-state index is 12.4. The maximum Gasteiger partial charge on any atom is 0.267 e. The molecule has 0 aliphatic heterocycles. The van der Waals surface area contributed by atoms with Crippen molar-refractivity contribution >= 4 is 23.4 Å². The highest BCUT2D eigenvalue weighted by Gasteiger charge is 2.19. The molecule has 0 bridgehead atoms. The molecule has 39 heavy (non-hydrogen) atoms. The van der Waals surface area contributed by atoms with Crippen molar-refractivity contribution < 1.29 is 19.6 Å². The largest absolute Gasteiger partial charge is 0.339 e. The predicted molar refractivity (Wildman–Crippen MR) is 152 cm³/mol. The summed E-state index contributed by atoms with van der Waals surface area (Å²) in [4.78, 5) is 38.2. The van der Waals surface area contributed by atoms with Crippen molar-refractivity contribution in [1.82, 2.24) is 15.7 Å². The number of likely N-dealkylation sites (N-methyl/N-ethyl adjacent to an activating group) is 1. The van der Waals surface area contributed by atoms with Gasteiger partial charge in [0.25, 0.3) is 11.8 Å². The summed E-state index contributed by atoms with van der Waals surface area (Å²) in [5.74, 6) is 4.69. The molecule has 0 saturated carbocycles. The predicted octanol–water partition coefficient (Wildman–Crippen LogP) is 2.66. The van der Waals surface area contributed by atoms with Gasteiger partial charge in [-0.05, 0) is 73.6 Å². The number of nitrogens with zero attached hydrogens (tertiary/aromatic N) is 1. The van der Waals surface area contributed by atoms with E-state index in [1.807, 2.05) is 36.2 Å². The van der Waals surface area contributed by atoms with Gasteiger partial charge in [-0.25, -0.2) is 5.48 Å². The Balaban J connectivity index is 0.00000533. The first-order valence-corrected chi connectivity index (χ1v) is 12.0. The van der Waals surface area contributed by atoms with Crippen LogP contribution in [0.15, 0.2) is 72.8 Å². The Morgan fingerprint density at radius 2 is 1.54 bits per heavy atom. The molecule has 0 radical (unpaired) electrons. The molecule has 9 heteroatoms. The quantitative estimate of drug-likeness (QED) is 0.164. The van der Waals surface area contributed by atoms with Gasteiger partial charge in [-0.15, -0.1) is 0 Å². The Hall–Kier alpha value is -4.49. The Morgan fingerprint density at radius 3 is 2.10 bits per heavy atom. The Labute approximate surface area is 229 Å². The summed E-state index contributed by atoms with van der Waals surface area (Å²) < 4.78 is 0. The number of amides is 3. The van der Waals surface area contributed by atoms with Gasteiger partial charge in [-0.2, -0.15) is 0 Å². The van der Waals surface area contributed by atoms with E-state index in [1.165, 1.54) is 16.6 Å². The third-order valence-corrected chi connectivity index (χ3v) is 5.75. The molecule has 0 saturated heterocycles. The van der Waals surface area contributed by atoms with Crippen LogP contribution >= 0.6 is 0 Å². The van der Waals surface area contributed by atoms with Gasteiger partial charge in [0.15, 0.2) is 0 Å². The molecule has 0 aromatic heterocycles. The van der Waals surface area contributed by atoms with E-state index < -0.39 is 17.9 Å². The second-order valence-corrected chi connectivity index (χ2v) is 8.79. The zero-order chi connectivity index (χ0) is 27.5. The fourth-order valence-corrected chi connectivity index (χ4v) is 3.62. The number of nitrogens with two attached hydrogens (primary N) is 1. The summed E-state index contributed by atoms with van der Waals surface area (Å²) in [6.07, 6.45) is 0. The highest BCUT2D eigenvalue weighted by Crippen LogP contribution is 2.12. The topological polar surface area (TPSA) is 137 Å². The molecule has 0 aliphatic rings. The van der Waals surface area contributed by atoms with Crippen LogP contribution in [0.1, 0.15) is 40.0 Å². The van der Waals surface area contributed by atoms with Crippen molar-refractivity contribution in [2.24, 2.45) is 5.73 Å². The first kappa shape index (κ1) is 30.7. The first-order valence-electron chi connectivity index (χ1n) is 12.0. The lowest BCUT2D eigenvalue weighted by molar-refractivity contribution is -0.130. The first-order chi connectivity index (χ1) is 18.3. The number of anilines is 1. The van der Waals surface area contributed by atoms with Gasteiger partial charge in [-0.1, -0.05) is 43.5 Å². The van der Waals surface area contributed by atoms with E-state index in [1.54, 1.807) is 36.4 Å². The van der Waals surface area contributed by atoms with Crippen molar-refractivity contribution in [3.8, 4) is 11.8 Å². The summed E-state index contributed by atoms with van der Waals surface area (Å²) >= 11 is 0. The van der Waals surface area contributed by atoms with Crippen LogP contribution in [0.25, 0.3) is 0 Å². The van der Waals surface area contributed by atoms with E-state index in [9.17, 15) is 14.4 Å². The van der Waals surface area contributed by atoms with Gasteiger partial charge in [-0.3, -0.25) is 24.5 Å². The number of carbonyl (C=O) groups excluding carboxylic acids is 3. The van der Waals surface area contributed by atoms with Crippen LogP contribution in [0.2, 0.25) is 0 Å². The number of aryl methyl sites for hydroxylation is 1. The van der Waals surface area contributed by atoms with E-state index in [4.69, 9.17) is 10.9 Å². The maximum atomic E-state index is 12.4. The zero-order valence-electron chi connectivity index (χ0n) is 21.3. The third-order valence-electron chi connectivity index (χ3n) is 5.75. The molecule has 0 unspecified atom stereocenters. The van der Waals surface area contributed by atoms with Crippen molar-refractivity contribution in [3.05, 3.63) is 101 Å². The average Bonchev–Trinajstić information content (AvgIpc) is 2.92. The Kier molecular flexibility index (Phi) is 11.9. The second kappa shape index (κ2) is 15.1. The Bertz CT molecular complexity index is 1330. The number of nitrogens with one attached hydrogen (secondary N) is 3. The van der Waals surface area contributed by atoms with E-state index in [0.717, 1.165) is 5.56 Å². The summed E-state index contributed by atoms with van der Waals surface area (Å²) in [6, 6.07) is 20.9. The minimum absolute atomic E-state index is 0. The van der Waals surface area contributed by atoms with Gasteiger partial charge in [0.1, 0.15) is 6.04 Å². The van der Waals surface area contributed by atoms with Crippen LogP contribution in [-0.2, 0) is 16.1 Å². The molecule has 3 rings (SSSR count). The number of carbonyl (C=O) groups is 3. The lowest BCUT2D eigenvalue weighted by atomic mass is 10.1. The second-order valence-electron chi connectivity index (χ2n) is 8.79. The van der Waals surface area contributed by atoms with Crippen LogP contribution in [0.3, 0.4) is 0 Å². The lowest BCUT2D eigenvalue weighted by Crippen LogP contribution is -2.50.